The molecule has 1 amide bonds. The Morgan fingerprint density at radius 1 is 1.03 bits per heavy atom. The Morgan fingerprint density at radius 3 is 2.62 bits per heavy atom. The molecule has 0 aromatic heterocycles. The number of carbonyl (C=O) groups is 1. The van der Waals surface area contributed by atoms with Gasteiger partial charge < -0.3 is 20.1 Å². The van der Waals surface area contributed by atoms with E-state index >= 15 is 0 Å². The van der Waals surface area contributed by atoms with Gasteiger partial charge in [-0.05, 0) is 67.1 Å². The third-order valence-electron chi connectivity index (χ3n) is 6.91. The fourth-order valence-electron chi connectivity index (χ4n) is 5.19. The summed E-state index contributed by atoms with van der Waals surface area (Å²) in [5.74, 6) is 0.865. The van der Waals surface area contributed by atoms with Gasteiger partial charge in [-0.2, -0.15) is 0 Å². The molecular formula is C26H35Cl2N3O3. The molecule has 0 radical (unpaired) electrons. The van der Waals surface area contributed by atoms with Crippen LogP contribution >= 0.6 is 24.8 Å². The summed E-state index contributed by atoms with van der Waals surface area (Å²) in [7, 11) is 0. The maximum Gasteiger partial charge on any atom is 0.254 e. The highest BCUT2D eigenvalue weighted by Gasteiger charge is 2.28. The molecule has 8 heteroatoms. The van der Waals surface area contributed by atoms with Crippen molar-refractivity contribution >= 4 is 30.7 Å². The Bertz CT molecular complexity index is 968. The second kappa shape index (κ2) is 12.2. The van der Waals surface area contributed by atoms with Crippen molar-refractivity contribution in [3.63, 3.8) is 0 Å². The SMILES string of the molecule is Cl.Cl.O=C1c2ccc(OC3CCCNC3)cc2CCN1CC(O)CN1CCc2ccccc2C1. The fourth-order valence-corrected chi connectivity index (χ4v) is 5.19. The number of aliphatic hydroxyl groups excluding tert-OH is 1. The van der Waals surface area contributed by atoms with Crippen LogP contribution in [0.5, 0.6) is 5.75 Å². The molecule has 34 heavy (non-hydrogen) atoms. The molecule has 0 saturated carbocycles. The van der Waals surface area contributed by atoms with Crippen molar-refractivity contribution in [2.24, 2.45) is 0 Å². The van der Waals surface area contributed by atoms with Crippen LogP contribution in [0.3, 0.4) is 0 Å². The summed E-state index contributed by atoms with van der Waals surface area (Å²) in [6.07, 6.45) is 3.67. The number of hydrogen-bond acceptors (Lipinski definition) is 5. The molecule has 2 aromatic carbocycles. The second-order valence-corrected chi connectivity index (χ2v) is 9.31. The van der Waals surface area contributed by atoms with Gasteiger partial charge in [-0.1, -0.05) is 24.3 Å². The number of benzene rings is 2. The van der Waals surface area contributed by atoms with Crippen LogP contribution in [-0.2, 0) is 19.4 Å². The van der Waals surface area contributed by atoms with E-state index in [1.807, 2.05) is 18.2 Å². The molecule has 3 heterocycles. The van der Waals surface area contributed by atoms with Crippen LogP contribution in [-0.4, -0.2) is 72.3 Å². The van der Waals surface area contributed by atoms with Gasteiger partial charge >= 0.3 is 0 Å². The number of aliphatic hydroxyl groups is 1. The van der Waals surface area contributed by atoms with Gasteiger partial charge in [0.2, 0.25) is 0 Å². The lowest BCUT2D eigenvalue weighted by Gasteiger charge is -2.34. The summed E-state index contributed by atoms with van der Waals surface area (Å²) >= 11 is 0. The topological polar surface area (TPSA) is 65.0 Å². The molecule has 0 bridgehead atoms. The van der Waals surface area contributed by atoms with Crippen LogP contribution in [0.2, 0.25) is 0 Å². The van der Waals surface area contributed by atoms with E-state index in [1.165, 1.54) is 11.1 Å². The Morgan fingerprint density at radius 2 is 1.82 bits per heavy atom. The van der Waals surface area contributed by atoms with Crippen LogP contribution in [0.15, 0.2) is 42.5 Å². The van der Waals surface area contributed by atoms with E-state index in [4.69, 9.17) is 4.74 Å². The molecule has 2 N–H and O–H groups in total. The first-order valence-corrected chi connectivity index (χ1v) is 11.9. The summed E-state index contributed by atoms with van der Waals surface area (Å²) < 4.78 is 6.12. The molecule has 3 aliphatic heterocycles. The highest BCUT2D eigenvalue weighted by Crippen LogP contribution is 2.26. The molecule has 2 unspecified atom stereocenters. The smallest absolute Gasteiger partial charge is 0.254 e. The normalized spacial score (nSPS) is 20.9. The highest BCUT2D eigenvalue weighted by atomic mass is 35.5. The lowest BCUT2D eigenvalue weighted by atomic mass is 9.98. The molecule has 2 atom stereocenters. The number of ether oxygens (including phenoxy) is 1. The van der Waals surface area contributed by atoms with Crippen molar-refractivity contribution in [1.29, 1.82) is 0 Å². The minimum absolute atomic E-state index is 0. The number of rotatable bonds is 6. The minimum atomic E-state index is -0.549. The molecule has 0 aliphatic carbocycles. The number of amides is 1. The highest BCUT2D eigenvalue weighted by molar-refractivity contribution is 5.97. The number of hydrogen-bond donors (Lipinski definition) is 2. The first kappa shape index (κ1) is 26.8. The number of nitrogens with zero attached hydrogens (tertiary/aromatic N) is 2. The third kappa shape index (κ3) is 6.23. The van der Waals surface area contributed by atoms with Crippen LogP contribution in [0.1, 0.15) is 39.9 Å². The number of nitrogens with one attached hydrogen (secondary N) is 1. The van der Waals surface area contributed by atoms with Gasteiger partial charge in [0.15, 0.2) is 0 Å². The largest absolute Gasteiger partial charge is 0.489 e. The number of carbonyl (C=O) groups excluding carboxylic acids is 1. The fraction of sp³-hybridized carbons (Fsp3) is 0.500. The Balaban J connectivity index is 0.00000162. The van der Waals surface area contributed by atoms with Gasteiger partial charge in [-0.15, -0.1) is 24.8 Å². The van der Waals surface area contributed by atoms with Crippen LogP contribution in [0.25, 0.3) is 0 Å². The quantitative estimate of drug-likeness (QED) is 0.628. The number of β-amino-alcohol motifs (C(OH)–C–C–N with tert-alkyl or cyclic N) is 1. The first-order chi connectivity index (χ1) is 15.7. The monoisotopic (exact) mass is 507 g/mol. The average molecular weight is 508 g/mol. The number of halogens is 2. The van der Waals surface area contributed by atoms with E-state index in [0.717, 1.165) is 68.7 Å². The van der Waals surface area contributed by atoms with E-state index in [2.05, 4.69) is 34.5 Å². The molecule has 3 aliphatic rings. The van der Waals surface area contributed by atoms with Crippen molar-refractivity contribution in [2.45, 2.75) is 44.4 Å². The standard InChI is InChI=1S/C26H33N3O3.2ClH/c30-22(17-28-12-9-19-4-1-2-5-21(19)16-28)18-29-13-10-20-14-23(7-8-25(20)26(29)31)32-24-6-3-11-27-15-24;;/h1-2,4-5,7-8,14,22,24,27,30H,3,6,9-13,15-18H2;2*1H. The van der Waals surface area contributed by atoms with Crippen molar-refractivity contribution in [2.75, 3.05) is 39.3 Å². The van der Waals surface area contributed by atoms with Crippen molar-refractivity contribution in [3.8, 4) is 5.75 Å². The van der Waals surface area contributed by atoms with Crippen LogP contribution < -0.4 is 10.1 Å². The van der Waals surface area contributed by atoms with Gasteiger partial charge in [0, 0.05) is 44.8 Å². The maximum absolute atomic E-state index is 13.1. The van der Waals surface area contributed by atoms with Gasteiger partial charge in [-0.25, -0.2) is 0 Å². The molecule has 1 saturated heterocycles. The second-order valence-electron chi connectivity index (χ2n) is 9.31. The van der Waals surface area contributed by atoms with Crippen molar-refractivity contribution in [1.82, 2.24) is 15.1 Å². The Hall–Kier alpha value is -1.83. The van der Waals surface area contributed by atoms with E-state index in [-0.39, 0.29) is 36.8 Å². The summed E-state index contributed by atoms with van der Waals surface area (Å²) in [5.41, 5.74) is 4.54. The van der Waals surface area contributed by atoms with Crippen LogP contribution in [0.4, 0.5) is 0 Å². The predicted octanol–water partition coefficient (Wildman–Crippen LogP) is 3.08. The third-order valence-corrected chi connectivity index (χ3v) is 6.91. The summed E-state index contributed by atoms with van der Waals surface area (Å²) in [5, 5.41) is 14.1. The lowest BCUT2D eigenvalue weighted by Crippen LogP contribution is -2.46. The van der Waals surface area contributed by atoms with Gasteiger partial charge in [-0.3, -0.25) is 9.69 Å². The van der Waals surface area contributed by atoms with Crippen molar-refractivity contribution < 1.29 is 14.6 Å². The summed E-state index contributed by atoms with van der Waals surface area (Å²) in [4.78, 5) is 17.2. The molecule has 6 nitrogen and oxygen atoms in total. The lowest BCUT2D eigenvalue weighted by molar-refractivity contribution is 0.0492. The Labute approximate surface area is 214 Å². The van der Waals surface area contributed by atoms with E-state index in [1.54, 1.807) is 4.90 Å². The molecule has 2 aromatic rings. The zero-order chi connectivity index (χ0) is 21.9. The van der Waals surface area contributed by atoms with Crippen molar-refractivity contribution in [3.05, 3.63) is 64.7 Å². The molecule has 186 valence electrons. The van der Waals surface area contributed by atoms with Gasteiger partial charge in [0.05, 0.1) is 6.10 Å². The predicted molar refractivity (Wildman–Crippen MR) is 138 cm³/mol. The van der Waals surface area contributed by atoms with E-state index < -0.39 is 6.10 Å². The zero-order valence-corrected chi connectivity index (χ0v) is 21.1. The van der Waals surface area contributed by atoms with Gasteiger partial charge in [0.25, 0.3) is 5.91 Å². The van der Waals surface area contributed by atoms with E-state index in [9.17, 15) is 9.90 Å². The molecular weight excluding hydrogens is 473 g/mol. The minimum Gasteiger partial charge on any atom is -0.489 e. The Kier molecular flexibility index (Phi) is 9.63. The first-order valence-electron chi connectivity index (χ1n) is 11.9. The van der Waals surface area contributed by atoms with Gasteiger partial charge in [0.1, 0.15) is 11.9 Å². The average Bonchev–Trinajstić information content (AvgIpc) is 2.81. The molecule has 1 fully saturated rings. The molecule has 0 spiro atoms. The van der Waals surface area contributed by atoms with E-state index in [0.29, 0.717) is 19.6 Å². The summed E-state index contributed by atoms with van der Waals surface area (Å²) in [6, 6.07) is 14.4. The van der Waals surface area contributed by atoms with Crippen LogP contribution in [0, 0.1) is 0 Å². The summed E-state index contributed by atoms with van der Waals surface area (Å²) in [6.45, 7) is 5.36. The zero-order valence-electron chi connectivity index (χ0n) is 19.4. The maximum atomic E-state index is 13.1. The molecule has 5 rings (SSSR count). The number of fused-ring (bicyclic) bond motifs is 2. The number of piperidine rings is 1.